The fourth-order valence-corrected chi connectivity index (χ4v) is 1.09. The summed E-state index contributed by atoms with van der Waals surface area (Å²) in [4.78, 5) is 0. The second kappa shape index (κ2) is 6.17. The van der Waals surface area contributed by atoms with E-state index in [1.807, 2.05) is 6.92 Å². The minimum absolute atomic E-state index is 0.0514. The highest BCUT2D eigenvalue weighted by molar-refractivity contribution is 4.94. The molecule has 0 spiro atoms. The summed E-state index contributed by atoms with van der Waals surface area (Å²) in [5.74, 6) is 0. The van der Waals surface area contributed by atoms with Crippen LogP contribution in [0, 0.1) is 0 Å². The predicted molar refractivity (Wildman–Crippen MR) is 58.0 cm³/mol. The molecule has 2 nitrogen and oxygen atoms in total. The maximum atomic E-state index is 5.55. The third-order valence-corrected chi connectivity index (χ3v) is 1.74. The molecule has 1 N–H and O–H groups in total. The highest BCUT2D eigenvalue weighted by atomic mass is 16.5. The Labute approximate surface area is 82.4 Å². The first-order chi connectivity index (χ1) is 5.98. The minimum atomic E-state index is -0.0514. The molecule has 0 bridgehead atoms. The van der Waals surface area contributed by atoms with Crippen molar-refractivity contribution in [2.75, 3.05) is 19.7 Å². The molecule has 0 unspecified atom stereocenters. The first kappa shape index (κ1) is 12.7. The summed E-state index contributed by atoms with van der Waals surface area (Å²) < 4.78 is 5.55. The van der Waals surface area contributed by atoms with Gasteiger partial charge < -0.3 is 10.1 Å². The van der Waals surface area contributed by atoms with Gasteiger partial charge in [-0.2, -0.15) is 0 Å². The van der Waals surface area contributed by atoms with Crippen molar-refractivity contribution in [3.05, 3.63) is 11.6 Å². The molecule has 0 aromatic rings. The minimum Gasteiger partial charge on any atom is -0.375 e. The van der Waals surface area contributed by atoms with Crippen LogP contribution in [0.1, 0.15) is 34.6 Å². The molecule has 0 rings (SSSR count). The van der Waals surface area contributed by atoms with E-state index in [-0.39, 0.29) is 5.60 Å². The van der Waals surface area contributed by atoms with E-state index < -0.39 is 0 Å². The van der Waals surface area contributed by atoms with Gasteiger partial charge in [0.15, 0.2) is 0 Å². The summed E-state index contributed by atoms with van der Waals surface area (Å²) in [5.41, 5.74) is 1.30. The monoisotopic (exact) mass is 185 g/mol. The van der Waals surface area contributed by atoms with Gasteiger partial charge >= 0.3 is 0 Å². The molecule has 0 aliphatic carbocycles. The fourth-order valence-electron chi connectivity index (χ4n) is 1.09. The van der Waals surface area contributed by atoms with E-state index >= 15 is 0 Å². The highest BCUT2D eigenvalue weighted by Crippen LogP contribution is 2.06. The zero-order chi connectivity index (χ0) is 10.3. The summed E-state index contributed by atoms with van der Waals surface area (Å²) in [7, 11) is 0. The van der Waals surface area contributed by atoms with Crippen molar-refractivity contribution in [1.82, 2.24) is 5.32 Å². The van der Waals surface area contributed by atoms with Crippen LogP contribution in [0.2, 0.25) is 0 Å². The van der Waals surface area contributed by atoms with Crippen LogP contribution in [-0.2, 0) is 4.74 Å². The van der Waals surface area contributed by atoms with Crippen molar-refractivity contribution in [2.24, 2.45) is 0 Å². The van der Waals surface area contributed by atoms with Gasteiger partial charge in [0.05, 0.1) is 5.60 Å². The van der Waals surface area contributed by atoms with E-state index in [1.54, 1.807) is 0 Å². The van der Waals surface area contributed by atoms with Gasteiger partial charge in [0.2, 0.25) is 0 Å². The molecular weight excluding hydrogens is 162 g/mol. The maximum absolute atomic E-state index is 5.55. The first-order valence-electron chi connectivity index (χ1n) is 4.96. The SMILES string of the molecule is CCOC(C)(C)CNCC=C(C)C. The van der Waals surface area contributed by atoms with Crippen LogP contribution in [0.3, 0.4) is 0 Å². The van der Waals surface area contributed by atoms with E-state index in [0.717, 1.165) is 19.7 Å². The number of allylic oxidation sites excluding steroid dienone is 1. The van der Waals surface area contributed by atoms with Crippen molar-refractivity contribution >= 4 is 0 Å². The quantitative estimate of drug-likeness (QED) is 0.506. The van der Waals surface area contributed by atoms with E-state index in [2.05, 4.69) is 39.1 Å². The van der Waals surface area contributed by atoms with Crippen LogP contribution in [0.15, 0.2) is 11.6 Å². The number of rotatable bonds is 6. The zero-order valence-corrected chi connectivity index (χ0v) is 9.61. The summed E-state index contributed by atoms with van der Waals surface area (Å²) >= 11 is 0. The van der Waals surface area contributed by atoms with Gasteiger partial charge in [0.1, 0.15) is 0 Å². The topological polar surface area (TPSA) is 21.3 Å². The number of ether oxygens (including phenoxy) is 1. The molecule has 0 aliphatic heterocycles. The molecule has 2 heteroatoms. The third-order valence-electron chi connectivity index (χ3n) is 1.74. The van der Waals surface area contributed by atoms with E-state index in [9.17, 15) is 0 Å². The molecule has 0 heterocycles. The van der Waals surface area contributed by atoms with Gasteiger partial charge in [0, 0.05) is 19.7 Å². The Kier molecular flexibility index (Phi) is 6.00. The molecule has 0 aliphatic rings. The summed E-state index contributed by atoms with van der Waals surface area (Å²) in [5, 5.41) is 3.34. The lowest BCUT2D eigenvalue weighted by atomic mass is 10.1. The van der Waals surface area contributed by atoms with Crippen molar-refractivity contribution in [3.63, 3.8) is 0 Å². The van der Waals surface area contributed by atoms with Crippen molar-refractivity contribution in [2.45, 2.75) is 40.2 Å². The second-order valence-electron chi connectivity index (χ2n) is 4.11. The molecule has 0 aromatic carbocycles. The molecule has 0 atom stereocenters. The van der Waals surface area contributed by atoms with Gasteiger partial charge in [0.25, 0.3) is 0 Å². The Balaban J connectivity index is 3.57. The molecular formula is C11H23NO. The van der Waals surface area contributed by atoms with Gasteiger partial charge in [-0.05, 0) is 34.6 Å². The van der Waals surface area contributed by atoms with E-state index in [1.165, 1.54) is 5.57 Å². The lowest BCUT2D eigenvalue weighted by Gasteiger charge is -2.24. The largest absolute Gasteiger partial charge is 0.375 e. The van der Waals surface area contributed by atoms with Gasteiger partial charge in [-0.3, -0.25) is 0 Å². The Morgan fingerprint density at radius 3 is 2.46 bits per heavy atom. The molecule has 13 heavy (non-hydrogen) atoms. The molecule has 0 saturated heterocycles. The van der Waals surface area contributed by atoms with Crippen LogP contribution in [0.5, 0.6) is 0 Å². The van der Waals surface area contributed by atoms with E-state index in [0.29, 0.717) is 0 Å². The zero-order valence-electron chi connectivity index (χ0n) is 9.61. The Hall–Kier alpha value is -0.340. The van der Waals surface area contributed by atoms with Crippen LogP contribution >= 0.6 is 0 Å². The molecule has 0 saturated carbocycles. The average Bonchev–Trinajstić information content (AvgIpc) is 1.98. The smallest absolute Gasteiger partial charge is 0.0750 e. The molecule has 0 amide bonds. The number of nitrogens with one attached hydrogen (secondary N) is 1. The predicted octanol–water partition coefficient (Wildman–Crippen LogP) is 2.36. The Morgan fingerprint density at radius 2 is 2.00 bits per heavy atom. The van der Waals surface area contributed by atoms with Crippen LogP contribution in [0.25, 0.3) is 0 Å². The maximum Gasteiger partial charge on any atom is 0.0750 e. The number of hydrogen-bond acceptors (Lipinski definition) is 2. The Bertz CT molecular complexity index is 157. The van der Waals surface area contributed by atoms with Gasteiger partial charge in [-0.25, -0.2) is 0 Å². The molecule has 78 valence electrons. The Morgan fingerprint density at radius 1 is 1.38 bits per heavy atom. The first-order valence-corrected chi connectivity index (χ1v) is 4.96. The average molecular weight is 185 g/mol. The van der Waals surface area contributed by atoms with Crippen LogP contribution < -0.4 is 5.32 Å². The molecule has 0 radical (unpaired) electrons. The standard InChI is InChI=1S/C11H23NO/c1-6-13-11(4,5)9-12-8-7-10(2)3/h7,12H,6,8-9H2,1-5H3. The van der Waals surface area contributed by atoms with Gasteiger partial charge in [-0.1, -0.05) is 11.6 Å². The van der Waals surface area contributed by atoms with Crippen molar-refractivity contribution < 1.29 is 4.74 Å². The summed E-state index contributed by atoms with van der Waals surface area (Å²) in [6, 6.07) is 0. The lowest BCUT2D eigenvalue weighted by molar-refractivity contribution is -0.00812. The third kappa shape index (κ3) is 8.00. The summed E-state index contributed by atoms with van der Waals surface area (Å²) in [6.07, 6.45) is 2.18. The molecule has 0 fully saturated rings. The summed E-state index contributed by atoms with van der Waals surface area (Å²) in [6.45, 7) is 13.0. The highest BCUT2D eigenvalue weighted by Gasteiger charge is 2.15. The fraction of sp³-hybridized carbons (Fsp3) is 0.818. The number of hydrogen-bond donors (Lipinski definition) is 1. The normalized spacial score (nSPS) is 11.5. The van der Waals surface area contributed by atoms with Crippen molar-refractivity contribution in [1.29, 1.82) is 0 Å². The lowest BCUT2D eigenvalue weighted by Crippen LogP contribution is -2.37. The van der Waals surface area contributed by atoms with E-state index in [4.69, 9.17) is 4.74 Å². The molecule has 0 aromatic heterocycles. The second-order valence-corrected chi connectivity index (χ2v) is 4.11. The van der Waals surface area contributed by atoms with Crippen molar-refractivity contribution in [3.8, 4) is 0 Å². The van der Waals surface area contributed by atoms with Crippen LogP contribution in [0.4, 0.5) is 0 Å². The van der Waals surface area contributed by atoms with Gasteiger partial charge in [-0.15, -0.1) is 0 Å². The van der Waals surface area contributed by atoms with Crippen LogP contribution in [-0.4, -0.2) is 25.3 Å².